The van der Waals surface area contributed by atoms with Gasteiger partial charge in [0.2, 0.25) is 5.91 Å². The lowest BCUT2D eigenvalue weighted by Gasteiger charge is -2.07. The van der Waals surface area contributed by atoms with E-state index >= 15 is 0 Å². The Bertz CT molecular complexity index is 998. The molecule has 0 bridgehead atoms. The van der Waals surface area contributed by atoms with E-state index in [2.05, 4.69) is 31.4 Å². The Morgan fingerprint density at radius 2 is 2.07 bits per heavy atom. The summed E-state index contributed by atoms with van der Waals surface area (Å²) in [7, 11) is 0. The van der Waals surface area contributed by atoms with Gasteiger partial charge in [-0.2, -0.15) is 10.2 Å². The van der Waals surface area contributed by atoms with Crippen molar-refractivity contribution < 1.29 is 18.3 Å². The zero-order valence-electron chi connectivity index (χ0n) is 15.3. The molecule has 0 aliphatic heterocycles. The molecule has 29 heavy (non-hydrogen) atoms. The molecular formula is C19H18BrF2N5O2. The Labute approximate surface area is 173 Å². The van der Waals surface area contributed by atoms with E-state index in [0.29, 0.717) is 17.1 Å². The Morgan fingerprint density at radius 3 is 2.76 bits per heavy atom. The first kappa shape index (κ1) is 19.6. The number of amides is 1. The lowest BCUT2D eigenvalue weighted by atomic mass is 10.3. The molecule has 1 aliphatic carbocycles. The third-order valence-corrected chi connectivity index (χ3v) is 4.97. The van der Waals surface area contributed by atoms with Gasteiger partial charge < -0.3 is 10.1 Å². The van der Waals surface area contributed by atoms with Crippen LogP contribution in [0.15, 0.2) is 47.2 Å². The number of carbonyl (C=O) groups is 1. The summed E-state index contributed by atoms with van der Waals surface area (Å²) in [6, 6.07) is 8.75. The molecule has 7 nitrogen and oxygen atoms in total. The van der Waals surface area contributed by atoms with Crippen molar-refractivity contribution >= 4 is 27.5 Å². The summed E-state index contributed by atoms with van der Waals surface area (Å²) >= 11 is 3.35. The molecule has 0 radical (unpaired) electrons. The van der Waals surface area contributed by atoms with Crippen LogP contribution in [0.3, 0.4) is 0 Å². The van der Waals surface area contributed by atoms with Crippen LogP contribution >= 0.6 is 15.9 Å². The Kier molecular flexibility index (Phi) is 5.61. The fourth-order valence-electron chi connectivity index (χ4n) is 2.84. The number of aromatic nitrogens is 4. The second kappa shape index (κ2) is 8.32. The SMILES string of the molecule is O=C(Cn1nc(C2CC2)cc1C(F)F)Nc1cnn(COc2ccc(Br)cc2)c1. The number of anilines is 1. The maximum absolute atomic E-state index is 13.2. The van der Waals surface area contributed by atoms with E-state index in [0.717, 1.165) is 22.0 Å². The van der Waals surface area contributed by atoms with Crippen molar-refractivity contribution in [3.63, 3.8) is 0 Å². The normalized spacial score (nSPS) is 13.7. The first-order valence-electron chi connectivity index (χ1n) is 9.04. The fraction of sp³-hybridized carbons (Fsp3) is 0.316. The van der Waals surface area contributed by atoms with Crippen LogP contribution in [0.1, 0.15) is 36.6 Å². The molecule has 1 N–H and O–H groups in total. The van der Waals surface area contributed by atoms with E-state index < -0.39 is 12.3 Å². The van der Waals surface area contributed by atoms with Crippen LogP contribution in [0.25, 0.3) is 0 Å². The fourth-order valence-corrected chi connectivity index (χ4v) is 3.10. The van der Waals surface area contributed by atoms with E-state index in [1.807, 2.05) is 24.3 Å². The summed E-state index contributed by atoms with van der Waals surface area (Å²) in [6.45, 7) is -0.121. The van der Waals surface area contributed by atoms with Crippen LogP contribution in [0.2, 0.25) is 0 Å². The summed E-state index contributed by atoms with van der Waals surface area (Å²) in [5, 5.41) is 10.9. The molecular weight excluding hydrogens is 448 g/mol. The maximum Gasteiger partial charge on any atom is 0.280 e. The molecule has 0 atom stereocenters. The van der Waals surface area contributed by atoms with Gasteiger partial charge in [-0.1, -0.05) is 15.9 Å². The maximum atomic E-state index is 13.2. The van der Waals surface area contributed by atoms with E-state index in [-0.39, 0.29) is 24.9 Å². The molecule has 3 aromatic rings. The Hall–Kier alpha value is -2.75. The summed E-state index contributed by atoms with van der Waals surface area (Å²) < 4.78 is 35.6. The third-order valence-electron chi connectivity index (χ3n) is 4.44. The highest BCUT2D eigenvalue weighted by Gasteiger charge is 2.29. The minimum atomic E-state index is -2.68. The quantitative estimate of drug-likeness (QED) is 0.537. The molecule has 2 aromatic heterocycles. The van der Waals surface area contributed by atoms with Gasteiger partial charge in [-0.05, 0) is 43.2 Å². The minimum Gasteiger partial charge on any atom is -0.471 e. The molecule has 152 valence electrons. The number of ether oxygens (including phenoxy) is 1. The van der Waals surface area contributed by atoms with Crippen molar-refractivity contribution in [3.8, 4) is 5.75 Å². The molecule has 1 fully saturated rings. The van der Waals surface area contributed by atoms with Gasteiger partial charge in [0.05, 0.1) is 23.8 Å². The van der Waals surface area contributed by atoms with Crippen LogP contribution in [-0.2, 0) is 18.1 Å². The van der Waals surface area contributed by atoms with Gasteiger partial charge in [0.1, 0.15) is 18.0 Å². The lowest BCUT2D eigenvalue weighted by Crippen LogP contribution is -2.21. The van der Waals surface area contributed by atoms with Crippen LogP contribution in [0.4, 0.5) is 14.5 Å². The number of benzene rings is 1. The lowest BCUT2D eigenvalue weighted by molar-refractivity contribution is -0.117. The van der Waals surface area contributed by atoms with Gasteiger partial charge in [-0.25, -0.2) is 13.5 Å². The first-order valence-corrected chi connectivity index (χ1v) is 9.83. The summed E-state index contributed by atoms with van der Waals surface area (Å²) in [6.07, 6.45) is 2.29. The van der Waals surface area contributed by atoms with Gasteiger partial charge in [-0.3, -0.25) is 9.48 Å². The monoisotopic (exact) mass is 465 g/mol. The van der Waals surface area contributed by atoms with Gasteiger partial charge in [0.15, 0.2) is 6.73 Å². The molecule has 10 heteroatoms. The van der Waals surface area contributed by atoms with Crippen LogP contribution in [0.5, 0.6) is 5.75 Å². The zero-order chi connectivity index (χ0) is 20.4. The average molecular weight is 466 g/mol. The molecule has 4 rings (SSSR count). The molecule has 1 amide bonds. The van der Waals surface area contributed by atoms with Crippen molar-refractivity contribution in [2.45, 2.75) is 38.5 Å². The van der Waals surface area contributed by atoms with Crippen molar-refractivity contribution in [1.29, 1.82) is 0 Å². The van der Waals surface area contributed by atoms with Gasteiger partial charge in [0.25, 0.3) is 6.43 Å². The third kappa shape index (κ3) is 5.00. The van der Waals surface area contributed by atoms with Crippen LogP contribution in [0, 0.1) is 0 Å². The second-order valence-corrected chi connectivity index (χ2v) is 7.69. The highest BCUT2D eigenvalue weighted by atomic mass is 79.9. The number of hydrogen-bond donors (Lipinski definition) is 1. The standard InChI is InChI=1S/C19H18BrF2N5O2/c20-13-3-5-15(6-4-13)29-11-26-9-14(8-23-26)24-18(28)10-27-17(19(21)22)7-16(25-27)12-1-2-12/h3-9,12,19H,1-2,10-11H2,(H,24,28). The Balaban J connectivity index is 1.34. The average Bonchev–Trinajstić information content (AvgIpc) is 3.30. The second-order valence-electron chi connectivity index (χ2n) is 6.77. The smallest absolute Gasteiger partial charge is 0.280 e. The molecule has 2 heterocycles. The predicted molar refractivity (Wildman–Crippen MR) is 105 cm³/mol. The zero-order valence-corrected chi connectivity index (χ0v) is 16.8. The highest BCUT2D eigenvalue weighted by molar-refractivity contribution is 9.10. The van der Waals surface area contributed by atoms with Crippen molar-refractivity contribution in [1.82, 2.24) is 19.6 Å². The summed E-state index contributed by atoms with van der Waals surface area (Å²) in [4.78, 5) is 12.3. The number of carbonyl (C=O) groups excluding carboxylic acids is 1. The molecule has 0 saturated heterocycles. The van der Waals surface area contributed by atoms with E-state index in [1.54, 1.807) is 6.20 Å². The largest absolute Gasteiger partial charge is 0.471 e. The predicted octanol–water partition coefficient (Wildman–Crippen LogP) is 4.33. The van der Waals surface area contributed by atoms with Crippen molar-refractivity contribution in [2.75, 3.05) is 5.32 Å². The van der Waals surface area contributed by atoms with Crippen molar-refractivity contribution in [2.24, 2.45) is 0 Å². The number of nitrogens with zero attached hydrogens (tertiary/aromatic N) is 4. The molecule has 0 unspecified atom stereocenters. The summed E-state index contributed by atoms with van der Waals surface area (Å²) in [5.41, 5.74) is 0.842. The van der Waals surface area contributed by atoms with E-state index in [9.17, 15) is 13.6 Å². The highest BCUT2D eigenvalue weighted by Crippen LogP contribution is 2.40. The van der Waals surface area contributed by atoms with E-state index in [4.69, 9.17) is 4.74 Å². The van der Waals surface area contributed by atoms with Crippen molar-refractivity contribution in [3.05, 3.63) is 58.6 Å². The first-order chi connectivity index (χ1) is 14.0. The molecule has 1 saturated carbocycles. The van der Waals surface area contributed by atoms with Gasteiger partial charge in [-0.15, -0.1) is 0 Å². The Morgan fingerprint density at radius 1 is 1.31 bits per heavy atom. The molecule has 1 aromatic carbocycles. The topological polar surface area (TPSA) is 74.0 Å². The number of nitrogens with one attached hydrogen (secondary N) is 1. The minimum absolute atomic E-state index is 0.164. The van der Waals surface area contributed by atoms with Crippen LogP contribution in [-0.4, -0.2) is 25.5 Å². The summed E-state index contributed by atoms with van der Waals surface area (Å²) in [5.74, 6) is 0.463. The molecule has 0 spiro atoms. The van der Waals surface area contributed by atoms with Gasteiger partial charge >= 0.3 is 0 Å². The number of hydrogen-bond acceptors (Lipinski definition) is 4. The molecule has 1 aliphatic rings. The van der Waals surface area contributed by atoms with Gasteiger partial charge in [0, 0.05) is 10.4 Å². The van der Waals surface area contributed by atoms with Crippen LogP contribution < -0.4 is 10.1 Å². The van der Waals surface area contributed by atoms with E-state index in [1.165, 1.54) is 16.9 Å². The number of rotatable bonds is 8. The number of alkyl halides is 2. The number of halogens is 3.